The molecule has 2 heterocycles. The van der Waals surface area contributed by atoms with Crippen molar-refractivity contribution in [2.75, 3.05) is 32.1 Å². The summed E-state index contributed by atoms with van der Waals surface area (Å²) in [7, 11) is 3.82. The van der Waals surface area contributed by atoms with Crippen LogP contribution in [0, 0.1) is 0 Å². The molecule has 0 aliphatic carbocycles. The van der Waals surface area contributed by atoms with Gasteiger partial charge in [0, 0.05) is 39.4 Å². The van der Waals surface area contributed by atoms with Gasteiger partial charge >= 0.3 is 6.09 Å². The Bertz CT molecular complexity index is 600. The van der Waals surface area contributed by atoms with E-state index in [1.807, 2.05) is 45.8 Å². The van der Waals surface area contributed by atoms with Crippen molar-refractivity contribution in [3.05, 3.63) is 23.9 Å². The van der Waals surface area contributed by atoms with Crippen LogP contribution < -0.4 is 10.2 Å². The summed E-state index contributed by atoms with van der Waals surface area (Å²) in [4.78, 5) is 32.4. The zero-order valence-electron chi connectivity index (χ0n) is 15.7. The molecule has 1 N–H and O–H groups in total. The molecule has 1 aliphatic heterocycles. The Morgan fingerprint density at radius 1 is 1.24 bits per heavy atom. The Labute approximate surface area is 149 Å². The van der Waals surface area contributed by atoms with E-state index < -0.39 is 11.7 Å². The monoisotopic (exact) mass is 348 g/mol. The van der Waals surface area contributed by atoms with E-state index in [-0.39, 0.29) is 11.9 Å². The molecule has 0 spiro atoms. The lowest BCUT2D eigenvalue weighted by Crippen LogP contribution is -2.47. The highest BCUT2D eigenvalue weighted by atomic mass is 16.6. The van der Waals surface area contributed by atoms with Gasteiger partial charge in [-0.2, -0.15) is 0 Å². The molecule has 1 aromatic rings. The van der Waals surface area contributed by atoms with Crippen molar-refractivity contribution in [2.45, 2.75) is 45.3 Å². The predicted octanol–water partition coefficient (Wildman–Crippen LogP) is 2.28. The average molecular weight is 348 g/mol. The first kappa shape index (κ1) is 19.0. The minimum absolute atomic E-state index is 0.0199. The van der Waals surface area contributed by atoms with E-state index in [2.05, 4.69) is 10.3 Å². The number of carbonyl (C=O) groups is 2. The van der Waals surface area contributed by atoms with Gasteiger partial charge in [-0.05, 0) is 45.7 Å². The minimum atomic E-state index is -0.507. The van der Waals surface area contributed by atoms with E-state index >= 15 is 0 Å². The summed E-state index contributed by atoms with van der Waals surface area (Å²) in [6, 6.07) is 3.67. The molecule has 7 nitrogen and oxygen atoms in total. The highest BCUT2D eigenvalue weighted by Gasteiger charge is 2.26. The second kappa shape index (κ2) is 7.72. The lowest BCUT2D eigenvalue weighted by molar-refractivity contribution is 0.0473. The Balaban J connectivity index is 1.85. The summed E-state index contributed by atoms with van der Waals surface area (Å²) in [5, 5.41) is 2.88. The van der Waals surface area contributed by atoms with Crippen LogP contribution in [0.5, 0.6) is 0 Å². The summed E-state index contributed by atoms with van der Waals surface area (Å²) >= 11 is 0. The molecule has 2 rings (SSSR count). The normalized spacial score (nSPS) is 15.6. The Morgan fingerprint density at radius 2 is 1.88 bits per heavy atom. The molecule has 0 atom stereocenters. The predicted molar refractivity (Wildman–Crippen MR) is 96.9 cm³/mol. The highest BCUT2D eigenvalue weighted by molar-refractivity contribution is 5.94. The van der Waals surface area contributed by atoms with Crippen molar-refractivity contribution in [3.8, 4) is 0 Å². The van der Waals surface area contributed by atoms with Gasteiger partial charge in [-0.15, -0.1) is 0 Å². The SMILES string of the molecule is CN(C)c1ccc(C(=O)N2CCC(NC(=O)OC(C)(C)C)CC2)cn1. The summed E-state index contributed by atoms with van der Waals surface area (Å²) in [5.41, 5.74) is 0.0797. The standard InChI is InChI=1S/C18H28N4O3/c1-18(2,3)25-17(24)20-14-8-10-22(11-9-14)16(23)13-6-7-15(19-12-13)21(4)5/h6-7,12,14H,8-11H2,1-5H3,(H,20,24). The maximum Gasteiger partial charge on any atom is 0.407 e. The summed E-state index contributed by atoms with van der Waals surface area (Å²) in [6.07, 6.45) is 2.64. The van der Waals surface area contributed by atoms with Crippen LogP contribution in [-0.2, 0) is 4.74 Å². The molecule has 0 radical (unpaired) electrons. The van der Waals surface area contributed by atoms with Gasteiger partial charge in [0.25, 0.3) is 5.91 Å². The van der Waals surface area contributed by atoms with Gasteiger partial charge in [0.1, 0.15) is 11.4 Å². The number of ether oxygens (including phenoxy) is 1. The van der Waals surface area contributed by atoms with Crippen LogP contribution in [0.25, 0.3) is 0 Å². The number of carbonyl (C=O) groups excluding carboxylic acids is 2. The topological polar surface area (TPSA) is 74.8 Å². The van der Waals surface area contributed by atoms with Crippen molar-refractivity contribution < 1.29 is 14.3 Å². The maximum absolute atomic E-state index is 12.6. The molecule has 0 bridgehead atoms. The number of nitrogens with one attached hydrogen (secondary N) is 1. The maximum atomic E-state index is 12.6. The van der Waals surface area contributed by atoms with Crippen LogP contribution in [0.4, 0.5) is 10.6 Å². The second-order valence-electron chi connectivity index (χ2n) is 7.51. The highest BCUT2D eigenvalue weighted by Crippen LogP contribution is 2.16. The molecule has 0 unspecified atom stereocenters. The van der Waals surface area contributed by atoms with Gasteiger partial charge in [-0.3, -0.25) is 4.79 Å². The molecule has 1 fully saturated rings. The van der Waals surface area contributed by atoms with Gasteiger partial charge in [0.2, 0.25) is 0 Å². The number of amides is 2. The van der Waals surface area contributed by atoms with E-state index in [0.717, 1.165) is 5.82 Å². The Morgan fingerprint density at radius 3 is 2.36 bits per heavy atom. The van der Waals surface area contributed by atoms with Crippen LogP contribution in [0.2, 0.25) is 0 Å². The lowest BCUT2D eigenvalue weighted by Gasteiger charge is -2.33. The first-order valence-corrected chi connectivity index (χ1v) is 8.58. The van der Waals surface area contributed by atoms with E-state index in [9.17, 15) is 9.59 Å². The molecule has 2 amide bonds. The number of aromatic nitrogens is 1. The number of hydrogen-bond acceptors (Lipinski definition) is 5. The number of rotatable bonds is 3. The van der Waals surface area contributed by atoms with Gasteiger partial charge in [0.15, 0.2) is 0 Å². The molecule has 1 aromatic heterocycles. The molecule has 7 heteroatoms. The third-order valence-electron chi connectivity index (χ3n) is 3.96. The van der Waals surface area contributed by atoms with Gasteiger partial charge in [-0.1, -0.05) is 0 Å². The fourth-order valence-electron chi connectivity index (χ4n) is 2.66. The van der Waals surface area contributed by atoms with Crippen molar-refractivity contribution in [1.29, 1.82) is 0 Å². The second-order valence-corrected chi connectivity index (χ2v) is 7.51. The fourth-order valence-corrected chi connectivity index (χ4v) is 2.66. The van der Waals surface area contributed by atoms with Crippen molar-refractivity contribution >= 4 is 17.8 Å². The van der Waals surface area contributed by atoms with Gasteiger partial charge in [0.05, 0.1) is 5.56 Å². The zero-order chi connectivity index (χ0) is 18.6. The first-order chi connectivity index (χ1) is 11.7. The van der Waals surface area contributed by atoms with Crippen LogP contribution in [0.15, 0.2) is 18.3 Å². The van der Waals surface area contributed by atoms with E-state index in [1.165, 1.54) is 0 Å². The zero-order valence-corrected chi connectivity index (χ0v) is 15.7. The van der Waals surface area contributed by atoms with Gasteiger partial charge < -0.3 is 19.9 Å². The Kier molecular flexibility index (Phi) is 5.87. The minimum Gasteiger partial charge on any atom is -0.444 e. The van der Waals surface area contributed by atoms with Crippen molar-refractivity contribution in [2.24, 2.45) is 0 Å². The van der Waals surface area contributed by atoms with E-state index in [1.54, 1.807) is 17.2 Å². The Hall–Kier alpha value is -2.31. The molecule has 1 aliphatic rings. The first-order valence-electron chi connectivity index (χ1n) is 8.58. The molecule has 138 valence electrons. The number of anilines is 1. The van der Waals surface area contributed by atoms with Crippen LogP contribution in [0.1, 0.15) is 44.0 Å². The number of hydrogen-bond donors (Lipinski definition) is 1. The molecule has 1 saturated heterocycles. The van der Waals surface area contributed by atoms with Crippen LogP contribution in [0.3, 0.4) is 0 Å². The van der Waals surface area contributed by atoms with Crippen LogP contribution in [-0.4, -0.2) is 60.7 Å². The number of pyridine rings is 1. The fraction of sp³-hybridized carbons (Fsp3) is 0.611. The van der Waals surface area contributed by atoms with Crippen molar-refractivity contribution in [1.82, 2.24) is 15.2 Å². The summed E-state index contributed by atoms with van der Waals surface area (Å²) in [5.74, 6) is 0.797. The average Bonchev–Trinajstić information content (AvgIpc) is 2.53. The number of nitrogens with zero attached hydrogens (tertiary/aromatic N) is 3. The number of piperidine rings is 1. The number of likely N-dealkylation sites (tertiary alicyclic amines) is 1. The van der Waals surface area contributed by atoms with Crippen LogP contribution >= 0.6 is 0 Å². The van der Waals surface area contributed by atoms with E-state index in [4.69, 9.17) is 4.74 Å². The summed E-state index contributed by atoms with van der Waals surface area (Å²) < 4.78 is 5.27. The largest absolute Gasteiger partial charge is 0.444 e. The smallest absolute Gasteiger partial charge is 0.407 e. The molecular formula is C18H28N4O3. The summed E-state index contributed by atoms with van der Waals surface area (Å²) in [6.45, 7) is 6.72. The van der Waals surface area contributed by atoms with Crippen molar-refractivity contribution in [3.63, 3.8) is 0 Å². The molecule has 0 saturated carbocycles. The van der Waals surface area contributed by atoms with E-state index in [0.29, 0.717) is 31.5 Å². The molecule has 0 aromatic carbocycles. The molecule has 25 heavy (non-hydrogen) atoms. The third-order valence-corrected chi connectivity index (χ3v) is 3.96. The van der Waals surface area contributed by atoms with Gasteiger partial charge in [-0.25, -0.2) is 9.78 Å². The quantitative estimate of drug-likeness (QED) is 0.907. The lowest BCUT2D eigenvalue weighted by atomic mass is 10.0. The number of alkyl carbamates (subject to hydrolysis) is 1. The third kappa shape index (κ3) is 5.62. The molecular weight excluding hydrogens is 320 g/mol.